The van der Waals surface area contributed by atoms with Gasteiger partial charge in [0.25, 0.3) is 0 Å². The molecule has 1 atom stereocenters. The van der Waals surface area contributed by atoms with Gasteiger partial charge in [-0.15, -0.1) is 0 Å². The van der Waals surface area contributed by atoms with Gasteiger partial charge in [0.2, 0.25) is 0 Å². The Kier molecular flexibility index (Phi) is 3.62. The van der Waals surface area contributed by atoms with Crippen molar-refractivity contribution in [3.63, 3.8) is 0 Å². The molecule has 2 heteroatoms. The van der Waals surface area contributed by atoms with Crippen molar-refractivity contribution in [2.45, 2.75) is 26.3 Å². The van der Waals surface area contributed by atoms with E-state index in [1.807, 2.05) is 24.3 Å². The zero-order valence-electron chi connectivity index (χ0n) is 8.50. The third kappa shape index (κ3) is 2.98. The predicted octanol–water partition coefficient (Wildman–Crippen LogP) is 2.91. The lowest BCUT2D eigenvalue weighted by Gasteiger charge is -2.12. The summed E-state index contributed by atoms with van der Waals surface area (Å²) in [5, 5.41) is 3.39. The minimum atomic E-state index is 0.522. The number of hydrogen-bond acceptors (Lipinski definition) is 2. The Balaban J connectivity index is 2.58. The van der Waals surface area contributed by atoms with Gasteiger partial charge in [-0.25, -0.2) is 0 Å². The van der Waals surface area contributed by atoms with Gasteiger partial charge >= 0.3 is 0 Å². The molecule has 72 valence electrons. The van der Waals surface area contributed by atoms with Crippen molar-refractivity contribution >= 4 is 5.69 Å². The molecule has 2 nitrogen and oxygen atoms in total. The number of anilines is 1. The van der Waals surface area contributed by atoms with E-state index in [4.69, 9.17) is 4.74 Å². The van der Waals surface area contributed by atoms with Crippen molar-refractivity contribution in [3.8, 4) is 5.75 Å². The second-order valence-corrected chi connectivity index (χ2v) is 3.18. The summed E-state index contributed by atoms with van der Waals surface area (Å²) in [5.74, 6) is 0.898. The first kappa shape index (κ1) is 9.90. The molecule has 1 aromatic carbocycles. The second kappa shape index (κ2) is 4.75. The van der Waals surface area contributed by atoms with Crippen molar-refractivity contribution in [1.82, 2.24) is 0 Å². The van der Waals surface area contributed by atoms with Gasteiger partial charge < -0.3 is 10.1 Å². The Morgan fingerprint density at radius 2 is 1.92 bits per heavy atom. The molecule has 0 fully saturated rings. The van der Waals surface area contributed by atoms with E-state index in [0.29, 0.717) is 6.04 Å². The van der Waals surface area contributed by atoms with Gasteiger partial charge in [0, 0.05) is 11.7 Å². The maximum absolute atomic E-state index is 5.07. The summed E-state index contributed by atoms with van der Waals surface area (Å²) in [6.07, 6.45) is 1.13. The quantitative estimate of drug-likeness (QED) is 0.767. The zero-order chi connectivity index (χ0) is 9.68. The highest BCUT2D eigenvalue weighted by molar-refractivity contribution is 5.46. The first-order valence-corrected chi connectivity index (χ1v) is 4.67. The molecule has 13 heavy (non-hydrogen) atoms. The van der Waals surface area contributed by atoms with Crippen LogP contribution >= 0.6 is 0 Å². The van der Waals surface area contributed by atoms with Crippen molar-refractivity contribution in [1.29, 1.82) is 0 Å². The number of benzene rings is 1. The molecule has 0 spiro atoms. The molecule has 0 saturated carbocycles. The number of nitrogens with one attached hydrogen (secondary N) is 1. The topological polar surface area (TPSA) is 21.3 Å². The van der Waals surface area contributed by atoms with Crippen LogP contribution < -0.4 is 10.1 Å². The fourth-order valence-electron chi connectivity index (χ4n) is 1.07. The fraction of sp³-hybridized carbons (Fsp3) is 0.455. The van der Waals surface area contributed by atoms with Crippen LogP contribution in [0.3, 0.4) is 0 Å². The molecule has 0 aliphatic carbocycles. The normalized spacial score (nSPS) is 12.2. The largest absolute Gasteiger partial charge is 0.497 e. The lowest BCUT2D eigenvalue weighted by Crippen LogP contribution is -2.12. The minimum Gasteiger partial charge on any atom is -0.497 e. The van der Waals surface area contributed by atoms with Crippen LogP contribution in [0.2, 0.25) is 0 Å². The second-order valence-electron chi connectivity index (χ2n) is 3.18. The van der Waals surface area contributed by atoms with Gasteiger partial charge in [-0.3, -0.25) is 0 Å². The molecule has 0 bridgehead atoms. The Morgan fingerprint density at radius 3 is 2.38 bits per heavy atom. The first-order valence-electron chi connectivity index (χ1n) is 4.67. The summed E-state index contributed by atoms with van der Waals surface area (Å²) in [6.45, 7) is 4.34. The van der Waals surface area contributed by atoms with Crippen molar-refractivity contribution in [2.24, 2.45) is 0 Å². The predicted molar refractivity (Wildman–Crippen MR) is 56.4 cm³/mol. The van der Waals surface area contributed by atoms with Crippen LogP contribution in [0.15, 0.2) is 24.3 Å². The first-order chi connectivity index (χ1) is 6.26. The summed E-state index contributed by atoms with van der Waals surface area (Å²) in [4.78, 5) is 0. The van der Waals surface area contributed by atoms with Crippen molar-refractivity contribution < 1.29 is 4.74 Å². The Morgan fingerprint density at radius 1 is 1.31 bits per heavy atom. The monoisotopic (exact) mass is 179 g/mol. The summed E-state index contributed by atoms with van der Waals surface area (Å²) in [6, 6.07) is 8.51. The van der Waals surface area contributed by atoms with E-state index in [1.54, 1.807) is 7.11 Å². The van der Waals surface area contributed by atoms with Crippen LogP contribution in [0.5, 0.6) is 5.75 Å². The molecular weight excluding hydrogens is 162 g/mol. The summed E-state index contributed by atoms with van der Waals surface area (Å²) in [7, 11) is 1.68. The number of methoxy groups -OCH3 is 1. The SMILES string of the molecule is CCC(C)Nc1ccc(OC)cc1. The van der Waals surface area contributed by atoms with E-state index >= 15 is 0 Å². The van der Waals surface area contributed by atoms with Gasteiger partial charge in [0.05, 0.1) is 7.11 Å². The van der Waals surface area contributed by atoms with Gasteiger partial charge in [0.15, 0.2) is 0 Å². The molecule has 0 radical (unpaired) electrons. The molecule has 1 rings (SSSR count). The third-order valence-electron chi connectivity index (χ3n) is 2.12. The molecule has 0 saturated heterocycles. The van der Waals surface area contributed by atoms with E-state index in [0.717, 1.165) is 17.9 Å². The highest BCUT2D eigenvalue weighted by Gasteiger charge is 1.98. The number of ether oxygens (including phenoxy) is 1. The standard InChI is InChI=1S/C11H17NO/c1-4-9(2)12-10-5-7-11(13-3)8-6-10/h5-9,12H,4H2,1-3H3. The molecular formula is C11H17NO. The third-order valence-corrected chi connectivity index (χ3v) is 2.12. The van der Waals surface area contributed by atoms with Crippen molar-refractivity contribution in [2.75, 3.05) is 12.4 Å². The zero-order valence-corrected chi connectivity index (χ0v) is 8.50. The highest BCUT2D eigenvalue weighted by atomic mass is 16.5. The lowest BCUT2D eigenvalue weighted by atomic mass is 10.2. The molecule has 1 aromatic rings. The van der Waals surface area contributed by atoms with Gasteiger partial charge in [-0.1, -0.05) is 6.92 Å². The molecule has 0 aliphatic heterocycles. The van der Waals surface area contributed by atoms with Crippen LogP contribution in [-0.4, -0.2) is 13.2 Å². The molecule has 1 N–H and O–H groups in total. The van der Waals surface area contributed by atoms with E-state index < -0.39 is 0 Å². The Labute approximate surface area is 79.9 Å². The van der Waals surface area contributed by atoms with Crippen LogP contribution in [0.25, 0.3) is 0 Å². The molecule has 0 aliphatic rings. The maximum atomic E-state index is 5.07. The van der Waals surface area contributed by atoms with Gasteiger partial charge in [-0.2, -0.15) is 0 Å². The van der Waals surface area contributed by atoms with E-state index in [2.05, 4.69) is 19.2 Å². The Hall–Kier alpha value is -1.18. The van der Waals surface area contributed by atoms with E-state index in [9.17, 15) is 0 Å². The summed E-state index contributed by atoms with van der Waals surface area (Å²) in [5.41, 5.74) is 1.15. The van der Waals surface area contributed by atoms with Crippen LogP contribution in [-0.2, 0) is 0 Å². The van der Waals surface area contributed by atoms with Crippen LogP contribution in [0.4, 0.5) is 5.69 Å². The van der Waals surface area contributed by atoms with Gasteiger partial charge in [-0.05, 0) is 37.6 Å². The summed E-state index contributed by atoms with van der Waals surface area (Å²) < 4.78 is 5.07. The smallest absolute Gasteiger partial charge is 0.119 e. The van der Waals surface area contributed by atoms with E-state index in [-0.39, 0.29) is 0 Å². The number of rotatable bonds is 4. The molecule has 0 heterocycles. The van der Waals surface area contributed by atoms with Gasteiger partial charge in [0.1, 0.15) is 5.75 Å². The molecule has 0 amide bonds. The number of hydrogen-bond donors (Lipinski definition) is 1. The summed E-state index contributed by atoms with van der Waals surface area (Å²) >= 11 is 0. The minimum absolute atomic E-state index is 0.522. The Bertz CT molecular complexity index is 243. The lowest BCUT2D eigenvalue weighted by molar-refractivity contribution is 0.415. The van der Waals surface area contributed by atoms with Crippen LogP contribution in [0.1, 0.15) is 20.3 Å². The van der Waals surface area contributed by atoms with E-state index in [1.165, 1.54) is 0 Å². The highest BCUT2D eigenvalue weighted by Crippen LogP contribution is 2.15. The van der Waals surface area contributed by atoms with Crippen molar-refractivity contribution in [3.05, 3.63) is 24.3 Å². The maximum Gasteiger partial charge on any atom is 0.119 e. The van der Waals surface area contributed by atoms with Crippen LogP contribution in [0, 0.1) is 0 Å². The molecule has 0 aromatic heterocycles. The average Bonchev–Trinajstić information content (AvgIpc) is 2.19. The average molecular weight is 179 g/mol. The fourth-order valence-corrected chi connectivity index (χ4v) is 1.07. The molecule has 1 unspecified atom stereocenters.